The van der Waals surface area contributed by atoms with Gasteiger partial charge in [0.05, 0.1) is 5.56 Å². The van der Waals surface area contributed by atoms with Crippen molar-refractivity contribution in [2.24, 2.45) is 5.41 Å². The first-order chi connectivity index (χ1) is 20.4. The first kappa shape index (κ1) is 35.0. The van der Waals surface area contributed by atoms with Gasteiger partial charge in [-0.2, -0.15) is 8.78 Å². The van der Waals surface area contributed by atoms with Crippen LogP contribution in [0.25, 0.3) is 0 Å². The number of hydrogen-bond acceptors (Lipinski definition) is 8. The molecule has 0 amide bonds. The first-order valence-corrected chi connectivity index (χ1v) is 10.7. The number of carboxylic acid groups (broad SMARTS) is 8. The quantitative estimate of drug-likeness (QED) is 0.0906. The Morgan fingerprint density at radius 3 is 1.22 bits per heavy atom. The van der Waals surface area contributed by atoms with E-state index in [9.17, 15) is 74.1 Å². The molecule has 1 unspecified atom stereocenters. The van der Waals surface area contributed by atoms with Gasteiger partial charge >= 0.3 is 53.7 Å². The van der Waals surface area contributed by atoms with Crippen molar-refractivity contribution in [2.45, 2.75) is 11.3 Å². The lowest BCUT2D eigenvalue weighted by Gasteiger charge is -2.46. The number of aliphatic carboxylic acids is 4. The van der Waals surface area contributed by atoms with Gasteiger partial charge in [-0.3, -0.25) is 14.4 Å². The van der Waals surface area contributed by atoms with Gasteiger partial charge in [-0.25, -0.2) is 41.5 Å². The third kappa shape index (κ3) is 4.41. The Labute approximate surface area is 239 Å². The Morgan fingerprint density at radius 2 is 0.889 bits per heavy atom. The van der Waals surface area contributed by atoms with Crippen molar-refractivity contribution in [3.05, 3.63) is 68.8 Å². The van der Waals surface area contributed by atoms with Crippen LogP contribution in [-0.2, 0) is 24.6 Å². The molecule has 0 aliphatic rings. The summed E-state index contributed by atoms with van der Waals surface area (Å²) in [6.45, 7) is 0. The van der Waals surface area contributed by atoms with Crippen LogP contribution in [0.15, 0.2) is 12.1 Å². The van der Waals surface area contributed by atoms with E-state index >= 15 is 26.3 Å². The molecule has 2 aromatic rings. The molecule has 0 heterocycles. The largest absolute Gasteiger partial charge is 0.480 e. The fourth-order valence-electron chi connectivity index (χ4n) is 4.65. The van der Waals surface area contributed by atoms with Gasteiger partial charge in [-0.15, -0.1) is 0 Å². The molecule has 0 bridgehead atoms. The van der Waals surface area contributed by atoms with Crippen LogP contribution < -0.4 is 0 Å². The van der Waals surface area contributed by atoms with E-state index in [0.717, 1.165) is 0 Å². The number of aromatic carboxylic acids is 4. The third-order valence-corrected chi connectivity index (χ3v) is 6.38. The number of benzene rings is 2. The minimum atomic E-state index is -6.85. The van der Waals surface area contributed by atoms with Gasteiger partial charge in [-0.05, 0) is 6.07 Å². The average Bonchev–Trinajstić information content (AvgIpc) is 2.88. The van der Waals surface area contributed by atoms with Crippen LogP contribution in [-0.4, -0.2) is 94.5 Å². The summed E-state index contributed by atoms with van der Waals surface area (Å²) in [5.41, 5.74) is -28.4. The molecular formula is C23H10F6O16. The first-order valence-electron chi connectivity index (χ1n) is 10.7. The smallest absolute Gasteiger partial charge is 0.376 e. The van der Waals surface area contributed by atoms with Crippen LogP contribution in [0.2, 0.25) is 0 Å². The monoisotopic (exact) mass is 656 g/mol. The highest BCUT2D eigenvalue weighted by molar-refractivity contribution is 6.20. The Kier molecular flexibility index (Phi) is 8.65. The lowest BCUT2D eigenvalue weighted by atomic mass is 9.52. The van der Waals surface area contributed by atoms with Crippen LogP contribution in [0, 0.1) is 28.7 Å². The maximum absolute atomic E-state index is 16.1. The Bertz CT molecular complexity index is 1730. The molecule has 0 aromatic heterocycles. The molecule has 0 aliphatic heterocycles. The van der Waals surface area contributed by atoms with Gasteiger partial charge in [0, 0.05) is 11.1 Å². The Balaban J connectivity index is 3.90. The zero-order valence-corrected chi connectivity index (χ0v) is 20.8. The van der Waals surface area contributed by atoms with Gasteiger partial charge in [0.15, 0.2) is 11.6 Å². The van der Waals surface area contributed by atoms with E-state index in [1.165, 1.54) is 0 Å². The molecule has 0 saturated heterocycles. The zero-order chi connectivity index (χ0) is 35.3. The highest BCUT2D eigenvalue weighted by Gasteiger charge is 2.83. The Hall–Kier alpha value is -6.22. The predicted octanol–water partition coefficient (Wildman–Crippen LogP) is 1.28. The summed E-state index contributed by atoms with van der Waals surface area (Å²) in [7, 11) is 0. The SMILES string of the molecule is O=C(O)c1ccc(C(c2c(F)c(F)c(C(=O)O)c(C(=O)O)c2F)(C(F)(F)C(=O)O)C(C(=O)O)(C(=O)O)C(=O)O)c(F)c1C(=O)O. The normalized spacial score (nSPS) is 12.9. The van der Waals surface area contributed by atoms with Gasteiger partial charge in [0.2, 0.25) is 0 Å². The van der Waals surface area contributed by atoms with Crippen molar-refractivity contribution in [1.29, 1.82) is 0 Å². The topological polar surface area (TPSA) is 298 Å². The molecule has 2 rings (SSSR count). The van der Waals surface area contributed by atoms with E-state index in [0.29, 0.717) is 0 Å². The second kappa shape index (κ2) is 11.1. The van der Waals surface area contributed by atoms with Crippen molar-refractivity contribution >= 4 is 47.8 Å². The summed E-state index contributed by atoms with van der Waals surface area (Å²) in [6.07, 6.45) is 0. The molecule has 0 spiro atoms. The van der Waals surface area contributed by atoms with Gasteiger partial charge in [0.25, 0.3) is 5.41 Å². The van der Waals surface area contributed by atoms with E-state index in [-0.39, 0.29) is 6.07 Å². The van der Waals surface area contributed by atoms with Crippen molar-refractivity contribution in [2.75, 3.05) is 0 Å². The van der Waals surface area contributed by atoms with Crippen molar-refractivity contribution < 1.29 is 106 Å². The Morgan fingerprint density at radius 1 is 0.489 bits per heavy atom. The number of rotatable bonds is 12. The molecule has 22 heteroatoms. The zero-order valence-electron chi connectivity index (χ0n) is 20.8. The molecule has 0 saturated carbocycles. The summed E-state index contributed by atoms with van der Waals surface area (Å²) in [5.74, 6) is -47.1. The molecule has 0 fully saturated rings. The van der Waals surface area contributed by atoms with E-state index in [1.807, 2.05) is 0 Å². The molecule has 240 valence electrons. The number of hydrogen-bond donors (Lipinski definition) is 8. The molecule has 8 N–H and O–H groups in total. The molecule has 0 radical (unpaired) electrons. The number of alkyl halides is 2. The summed E-state index contributed by atoms with van der Waals surface area (Å²) in [4.78, 5) is 95.5. The molecular weight excluding hydrogens is 646 g/mol. The minimum Gasteiger partial charge on any atom is -0.480 e. The van der Waals surface area contributed by atoms with E-state index in [2.05, 4.69) is 0 Å². The van der Waals surface area contributed by atoms with Gasteiger partial charge < -0.3 is 40.9 Å². The van der Waals surface area contributed by atoms with Crippen LogP contribution in [0.3, 0.4) is 0 Å². The van der Waals surface area contributed by atoms with E-state index in [4.69, 9.17) is 5.11 Å². The van der Waals surface area contributed by atoms with Crippen molar-refractivity contribution in [3.8, 4) is 0 Å². The maximum Gasteiger partial charge on any atom is 0.376 e. The summed E-state index contributed by atoms with van der Waals surface area (Å²) in [6, 6.07) is -0.975. The predicted molar refractivity (Wildman–Crippen MR) is 119 cm³/mol. The van der Waals surface area contributed by atoms with E-state index < -0.39 is 127 Å². The lowest BCUT2D eigenvalue weighted by molar-refractivity contribution is -0.204. The lowest BCUT2D eigenvalue weighted by Crippen LogP contribution is -2.71. The number of carboxylic acids is 8. The number of carbonyl (C=O) groups is 8. The second-order valence-corrected chi connectivity index (χ2v) is 8.43. The van der Waals surface area contributed by atoms with E-state index in [1.54, 1.807) is 0 Å². The molecule has 1 atom stereocenters. The second-order valence-electron chi connectivity index (χ2n) is 8.43. The van der Waals surface area contributed by atoms with Gasteiger partial charge in [-0.1, -0.05) is 6.07 Å². The third-order valence-electron chi connectivity index (χ3n) is 6.38. The van der Waals surface area contributed by atoms with Crippen molar-refractivity contribution in [3.63, 3.8) is 0 Å². The highest BCUT2D eigenvalue weighted by atomic mass is 19.3. The average molecular weight is 656 g/mol. The maximum atomic E-state index is 16.1. The summed E-state index contributed by atoms with van der Waals surface area (Å²) in [5, 5.41) is 75.7. The fraction of sp³-hybridized carbons (Fsp3) is 0.130. The van der Waals surface area contributed by atoms with Gasteiger partial charge in [0.1, 0.15) is 33.7 Å². The summed E-state index contributed by atoms with van der Waals surface area (Å²) >= 11 is 0. The highest BCUT2D eigenvalue weighted by Crippen LogP contribution is 2.60. The summed E-state index contributed by atoms with van der Waals surface area (Å²) < 4.78 is 95.1. The standard InChI is InChI=1S/C23H10F6O16/c24-9-4(2-1-3(13(30)31)5(9)14(32)33)22(23(28,29)20(44)45,21(17(38)39,18(40)41)19(42)43)8-10(25)6(15(34)35)7(16(36)37)11(26)12(8)27/h1-2H,(H,30,31)(H,32,33)(H,34,35)(H,36,37)(H,38,39)(H,40,41)(H,42,43)(H,44,45). The molecule has 45 heavy (non-hydrogen) atoms. The van der Waals surface area contributed by atoms with Crippen LogP contribution in [0.1, 0.15) is 52.6 Å². The molecule has 16 nitrogen and oxygen atoms in total. The fourth-order valence-corrected chi connectivity index (χ4v) is 4.65. The number of halogens is 6. The van der Waals surface area contributed by atoms with Crippen LogP contribution >= 0.6 is 0 Å². The van der Waals surface area contributed by atoms with Crippen molar-refractivity contribution in [1.82, 2.24) is 0 Å². The molecule has 2 aromatic carbocycles. The van der Waals surface area contributed by atoms with Crippen LogP contribution in [0.4, 0.5) is 26.3 Å². The van der Waals surface area contributed by atoms with Crippen LogP contribution in [0.5, 0.6) is 0 Å². The molecule has 0 aliphatic carbocycles. The minimum absolute atomic E-state index is 0.330.